The van der Waals surface area contributed by atoms with Gasteiger partial charge in [-0.25, -0.2) is 4.99 Å². The van der Waals surface area contributed by atoms with Gasteiger partial charge in [0, 0.05) is 42.2 Å². The summed E-state index contributed by atoms with van der Waals surface area (Å²) < 4.78 is 0. The van der Waals surface area contributed by atoms with E-state index in [0.717, 1.165) is 62.0 Å². The number of hydrogen-bond donors (Lipinski definition) is 0. The summed E-state index contributed by atoms with van der Waals surface area (Å²) in [6, 6.07) is 17.3. The number of para-hydroxylation sites is 2. The molecule has 2 aromatic rings. The molecule has 0 radical (unpaired) electrons. The predicted octanol–water partition coefficient (Wildman–Crippen LogP) is 26.9. The fourth-order valence-corrected chi connectivity index (χ4v) is 11.5. The third-order valence-electron chi connectivity index (χ3n) is 16.9. The Morgan fingerprint density at radius 3 is 0.927 bits per heavy atom. The van der Waals surface area contributed by atoms with Crippen LogP contribution in [0.5, 0.6) is 0 Å². The quantitative estimate of drug-likeness (QED) is 0.0273. The van der Waals surface area contributed by atoms with Crippen molar-refractivity contribution >= 4 is 23.3 Å². The van der Waals surface area contributed by atoms with Crippen molar-refractivity contribution in [2.45, 2.75) is 380 Å². The van der Waals surface area contributed by atoms with Gasteiger partial charge in [-0.3, -0.25) is 4.99 Å². The minimum atomic E-state index is 0. The Kier molecular flexibility index (Phi) is 60.3. The molecule has 0 aliphatic carbocycles. The number of benzene rings is 2. The molecule has 0 unspecified atom stereocenters. The van der Waals surface area contributed by atoms with Crippen molar-refractivity contribution in [2.75, 3.05) is 0 Å². The van der Waals surface area contributed by atoms with Crippen LogP contribution in [0.4, 0.5) is 11.4 Å². The van der Waals surface area contributed by atoms with Crippen LogP contribution in [0.3, 0.4) is 0 Å². The van der Waals surface area contributed by atoms with Crippen molar-refractivity contribution in [1.82, 2.24) is 0 Å². The van der Waals surface area contributed by atoms with Gasteiger partial charge in [0.15, 0.2) is 0 Å². The molecule has 3 heteroatoms. The van der Waals surface area contributed by atoms with E-state index in [2.05, 4.69) is 105 Å². The van der Waals surface area contributed by atoms with Gasteiger partial charge in [0.25, 0.3) is 0 Å². The Balaban J connectivity index is 0.0000336. The van der Waals surface area contributed by atoms with Gasteiger partial charge in [0.05, 0.1) is 23.3 Å². The van der Waals surface area contributed by atoms with Gasteiger partial charge in [-0.05, 0) is 67.9 Å². The van der Waals surface area contributed by atoms with Gasteiger partial charge < -0.3 is 0 Å². The van der Waals surface area contributed by atoms with Crippen LogP contribution < -0.4 is 0 Å². The van der Waals surface area contributed by atoms with Gasteiger partial charge in [-0.15, -0.1) is 23.7 Å². The molecule has 0 atom stereocenters. The van der Waals surface area contributed by atoms with E-state index in [9.17, 15) is 0 Å². The SMILES string of the molecule is CCCCCCCCCCCCCCCCC#CCCc1ccccc1N=CC(C=CCCCCCCCCCCCCCCCCCCCCCCC)=Nc1ccccc1CCC#CCCCCCCCCCCCCCCCC.[Ni]. The van der Waals surface area contributed by atoms with Crippen LogP contribution in [0.2, 0.25) is 0 Å². The summed E-state index contributed by atoms with van der Waals surface area (Å²) in [5.41, 5.74) is 5.50. The Morgan fingerprint density at radius 2 is 0.585 bits per heavy atom. The molecule has 0 aliphatic rings. The van der Waals surface area contributed by atoms with E-state index in [4.69, 9.17) is 9.98 Å². The van der Waals surface area contributed by atoms with Gasteiger partial charge >= 0.3 is 0 Å². The summed E-state index contributed by atoms with van der Waals surface area (Å²) in [6.07, 6.45) is 82.2. The number of hydrogen-bond acceptors (Lipinski definition) is 2. The van der Waals surface area contributed by atoms with Crippen molar-refractivity contribution in [3.63, 3.8) is 0 Å². The number of unbranched alkanes of at least 4 members (excludes halogenated alkanes) is 49. The van der Waals surface area contributed by atoms with E-state index >= 15 is 0 Å². The van der Waals surface area contributed by atoms with E-state index in [1.54, 1.807) is 0 Å². The molecule has 0 amide bonds. The first-order valence-electron chi connectivity index (χ1n) is 36.1. The van der Waals surface area contributed by atoms with E-state index < -0.39 is 0 Å². The summed E-state index contributed by atoms with van der Waals surface area (Å²) >= 11 is 0. The molecule has 2 rings (SSSR count). The molecule has 82 heavy (non-hydrogen) atoms. The maximum Gasteiger partial charge on any atom is 0.0816 e. The molecule has 2 nitrogen and oxygen atoms in total. The van der Waals surface area contributed by atoms with Crippen LogP contribution in [0, 0.1) is 23.7 Å². The zero-order valence-electron chi connectivity index (χ0n) is 54.7. The number of rotatable bonds is 58. The average Bonchev–Trinajstić information content (AvgIpc) is 3.57. The van der Waals surface area contributed by atoms with Crippen LogP contribution in [-0.2, 0) is 29.3 Å². The van der Waals surface area contributed by atoms with E-state index in [0.29, 0.717) is 0 Å². The third-order valence-corrected chi connectivity index (χ3v) is 16.9. The first-order chi connectivity index (χ1) is 40.3. The fraction of sp³-hybridized carbons (Fsp3) is 0.747. The maximum atomic E-state index is 5.29. The first-order valence-corrected chi connectivity index (χ1v) is 36.1. The van der Waals surface area contributed by atoms with Gasteiger partial charge in [0.1, 0.15) is 0 Å². The second-order valence-corrected chi connectivity index (χ2v) is 24.7. The van der Waals surface area contributed by atoms with Crippen molar-refractivity contribution < 1.29 is 16.5 Å². The summed E-state index contributed by atoms with van der Waals surface area (Å²) in [4.78, 5) is 10.4. The first kappa shape index (κ1) is 77.1. The molecular formula is C79H132N2Ni. The molecule has 468 valence electrons. The van der Waals surface area contributed by atoms with Crippen molar-refractivity contribution in [2.24, 2.45) is 9.98 Å². The van der Waals surface area contributed by atoms with Gasteiger partial charge in [-0.1, -0.05) is 359 Å². The Morgan fingerprint density at radius 1 is 0.317 bits per heavy atom. The molecule has 0 fully saturated rings. The zero-order chi connectivity index (χ0) is 57.5. The number of aryl methyl sites for hydroxylation is 2. The zero-order valence-corrected chi connectivity index (χ0v) is 55.6. The van der Waals surface area contributed by atoms with Crippen LogP contribution >= 0.6 is 0 Å². The molecule has 0 spiro atoms. The fourth-order valence-electron chi connectivity index (χ4n) is 11.5. The normalized spacial score (nSPS) is 11.6. The van der Waals surface area contributed by atoms with Crippen molar-refractivity contribution in [3.05, 3.63) is 71.8 Å². The molecule has 0 aromatic heterocycles. The Bertz CT molecular complexity index is 1870. The minimum Gasteiger partial charge on any atom is -0.254 e. The predicted molar refractivity (Wildman–Crippen MR) is 367 cm³/mol. The molecule has 0 heterocycles. The second kappa shape index (κ2) is 64.1. The summed E-state index contributed by atoms with van der Waals surface area (Å²) in [6.45, 7) is 6.92. The smallest absolute Gasteiger partial charge is 0.0816 e. The molecule has 0 saturated heterocycles. The third kappa shape index (κ3) is 51.5. The van der Waals surface area contributed by atoms with E-state index in [-0.39, 0.29) is 16.5 Å². The molecule has 2 aromatic carbocycles. The molecule has 0 saturated carbocycles. The average molecular weight is 1170 g/mol. The molecular weight excluding hydrogens is 1040 g/mol. The van der Waals surface area contributed by atoms with Crippen LogP contribution in [0.15, 0.2) is 70.7 Å². The second-order valence-electron chi connectivity index (χ2n) is 24.7. The molecule has 0 bridgehead atoms. The van der Waals surface area contributed by atoms with Crippen LogP contribution in [0.1, 0.15) is 379 Å². The standard InChI is InChI=1S/C79H132N2.Ni/c1-4-7-10-13-16-19-22-25-28-31-34-35-36-37-38-41-44-47-50-53-56-59-62-71-77(81-79-73-66-64-70-76(79)68-61-58-55-52-49-46-43-40-33-30-27-24-21-18-15-12-9-6-3)74-80-78-72-65-63-69-75(78)67-60-57-54-51-48-45-42-39-32-29-26-23-20-17-14-11-8-5-2;/h62-66,69-74H,4-53,56,59-61,67-68H2,1-3H3;. The number of nitrogens with zero attached hydrogens (tertiary/aromatic N) is 2. The van der Waals surface area contributed by atoms with Gasteiger partial charge in [0.2, 0.25) is 0 Å². The van der Waals surface area contributed by atoms with Crippen LogP contribution in [0.25, 0.3) is 0 Å². The monoisotopic (exact) mass is 1170 g/mol. The summed E-state index contributed by atoms with van der Waals surface area (Å²) in [5, 5.41) is 0. The number of aliphatic imine (C=N–C) groups is 2. The molecule has 0 N–H and O–H groups in total. The van der Waals surface area contributed by atoms with Crippen molar-refractivity contribution in [3.8, 4) is 23.7 Å². The maximum absolute atomic E-state index is 5.29. The van der Waals surface area contributed by atoms with Crippen molar-refractivity contribution in [1.29, 1.82) is 0 Å². The number of allylic oxidation sites excluding steroid dienone is 2. The Hall–Kier alpha value is -2.87. The largest absolute Gasteiger partial charge is 0.254 e. The van der Waals surface area contributed by atoms with Gasteiger partial charge in [-0.2, -0.15) is 0 Å². The molecule has 0 aliphatic heterocycles. The van der Waals surface area contributed by atoms with E-state index in [1.165, 1.54) is 326 Å². The topological polar surface area (TPSA) is 24.7 Å². The van der Waals surface area contributed by atoms with Crippen LogP contribution in [-0.4, -0.2) is 11.9 Å². The summed E-state index contributed by atoms with van der Waals surface area (Å²) in [5.74, 6) is 14.0. The Labute approximate surface area is 522 Å². The summed E-state index contributed by atoms with van der Waals surface area (Å²) in [7, 11) is 0. The van der Waals surface area contributed by atoms with E-state index in [1.807, 2.05) is 6.21 Å². The minimum absolute atomic E-state index is 0.